The Balaban J connectivity index is 1.68. The molecule has 0 atom stereocenters. The molecule has 0 amide bonds. The molecule has 3 aliphatic carbocycles. The number of halogens is 1. The van der Waals surface area contributed by atoms with E-state index in [0.29, 0.717) is 42.5 Å². The number of aryl methyl sites for hydroxylation is 1. The molecule has 3 aromatic rings. The minimum Gasteiger partial charge on any atom is -0.508 e. The zero-order valence-electron chi connectivity index (χ0n) is 18.4. The first-order valence-electron chi connectivity index (χ1n) is 11.0. The number of carboxylic acids is 1. The summed E-state index contributed by atoms with van der Waals surface area (Å²) in [7, 11) is 0. The van der Waals surface area contributed by atoms with Gasteiger partial charge in [0.15, 0.2) is 0 Å². The lowest BCUT2D eigenvalue weighted by Gasteiger charge is -2.44. The van der Waals surface area contributed by atoms with Gasteiger partial charge in [-0.25, -0.2) is 9.37 Å². The predicted molar refractivity (Wildman–Crippen MR) is 120 cm³/mol. The average Bonchev–Trinajstić information content (AvgIpc) is 3.27. The largest absolute Gasteiger partial charge is 0.508 e. The molecule has 2 aromatic carbocycles. The second-order valence-corrected chi connectivity index (χ2v) is 9.75. The number of fused-ring (bicyclic) bond motifs is 2. The van der Waals surface area contributed by atoms with Crippen LogP contribution in [0.3, 0.4) is 0 Å². The highest BCUT2D eigenvalue weighted by molar-refractivity contribution is 6.01. The van der Waals surface area contributed by atoms with Gasteiger partial charge in [0.05, 0.1) is 11.1 Å². The maximum Gasteiger partial charge on any atom is 0.309 e. The molecule has 3 aliphatic rings. The highest BCUT2D eigenvalue weighted by atomic mass is 19.1. The number of nitrogens with zero attached hydrogens (tertiary/aromatic N) is 1. The third-order valence-electron chi connectivity index (χ3n) is 7.12. The topological polar surface area (TPSA) is 79.7 Å². The van der Waals surface area contributed by atoms with Gasteiger partial charge in [-0.3, -0.25) is 4.79 Å². The number of benzene rings is 2. The lowest BCUT2D eigenvalue weighted by atomic mass is 9.67. The lowest BCUT2D eigenvalue weighted by molar-refractivity contribution is -0.161. The summed E-state index contributed by atoms with van der Waals surface area (Å²) in [5, 5.41) is 21.3. The van der Waals surface area contributed by atoms with Crippen molar-refractivity contribution in [3.05, 3.63) is 53.5 Å². The van der Waals surface area contributed by atoms with Crippen LogP contribution in [0.5, 0.6) is 11.6 Å². The number of aromatic nitrogens is 1. The Morgan fingerprint density at radius 2 is 1.88 bits per heavy atom. The van der Waals surface area contributed by atoms with Crippen LogP contribution in [-0.2, 0) is 4.79 Å². The molecule has 166 valence electrons. The Bertz CT molecular complexity index is 1260. The van der Waals surface area contributed by atoms with Gasteiger partial charge in [0.25, 0.3) is 0 Å². The van der Waals surface area contributed by atoms with Gasteiger partial charge < -0.3 is 14.9 Å². The van der Waals surface area contributed by atoms with E-state index in [0.717, 1.165) is 22.2 Å². The quantitative estimate of drug-likeness (QED) is 0.517. The van der Waals surface area contributed by atoms with Crippen LogP contribution < -0.4 is 4.74 Å². The fourth-order valence-corrected chi connectivity index (χ4v) is 5.48. The van der Waals surface area contributed by atoms with E-state index in [1.54, 1.807) is 25.1 Å². The van der Waals surface area contributed by atoms with Crippen molar-refractivity contribution in [2.45, 2.75) is 58.0 Å². The zero-order chi connectivity index (χ0) is 22.8. The molecule has 0 saturated heterocycles. The van der Waals surface area contributed by atoms with Crippen molar-refractivity contribution in [1.29, 1.82) is 0 Å². The zero-order valence-corrected chi connectivity index (χ0v) is 18.4. The minimum atomic E-state index is -0.755. The van der Waals surface area contributed by atoms with E-state index >= 15 is 0 Å². The van der Waals surface area contributed by atoms with Gasteiger partial charge in [-0.15, -0.1) is 0 Å². The molecule has 5 nitrogen and oxygen atoms in total. The minimum absolute atomic E-state index is 0.0662. The molecule has 6 heteroatoms. The first-order valence-corrected chi connectivity index (χ1v) is 11.0. The van der Waals surface area contributed by atoms with Crippen molar-refractivity contribution >= 4 is 16.7 Å². The van der Waals surface area contributed by atoms with E-state index in [-0.39, 0.29) is 17.5 Å². The van der Waals surface area contributed by atoms with Gasteiger partial charge in [-0.2, -0.15) is 0 Å². The fourth-order valence-electron chi connectivity index (χ4n) is 5.48. The second kappa shape index (κ2) is 6.92. The molecule has 2 N–H and O–H groups in total. The Hall–Kier alpha value is -3.15. The van der Waals surface area contributed by atoms with Crippen LogP contribution in [0.15, 0.2) is 36.4 Å². The summed E-state index contributed by atoms with van der Waals surface area (Å²) in [6, 6.07) is 10.1. The highest BCUT2D eigenvalue weighted by Gasteiger charge is 2.67. The van der Waals surface area contributed by atoms with E-state index in [4.69, 9.17) is 9.72 Å². The van der Waals surface area contributed by atoms with E-state index in [2.05, 4.69) is 0 Å². The highest BCUT2D eigenvalue weighted by Crippen LogP contribution is 2.63. The molecule has 6 rings (SSSR count). The summed E-state index contributed by atoms with van der Waals surface area (Å²) in [6.07, 6.45) is 2.24. The molecular formula is C26H26FNO4. The van der Waals surface area contributed by atoms with Gasteiger partial charge in [0, 0.05) is 23.8 Å². The summed E-state index contributed by atoms with van der Waals surface area (Å²) in [5.74, 6) is -0.434. The van der Waals surface area contributed by atoms with Crippen molar-refractivity contribution in [2.75, 3.05) is 0 Å². The van der Waals surface area contributed by atoms with Gasteiger partial charge in [-0.05, 0) is 72.5 Å². The van der Waals surface area contributed by atoms with E-state index in [1.807, 2.05) is 26.0 Å². The first-order chi connectivity index (χ1) is 15.1. The molecule has 2 bridgehead atoms. The number of aliphatic carboxylic acids is 1. The van der Waals surface area contributed by atoms with Gasteiger partial charge in [0.2, 0.25) is 5.88 Å². The number of ether oxygens (including phenoxy) is 1. The third-order valence-corrected chi connectivity index (χ3v) is 7.12. The van der Waals surface area contributed by atoms with Crippen LogP contribution in [0.2, 0.25) is 0 Å². The van der Waals surface area contributed by atoms with Gasteiger partial charge in [-0.1, -0.05) is 19.9 Å². The molecular weight excluding hydrogens is 409 g/mol. The summed E-state index contributed by atoms with van der Waals surface area (Å²) in [4.78, 5) is 16.6. The molecule has 3 saturated carbocycles. The summed E-state index contributed by atoms with van der Waals surface area (Å²) in [5.41, 5.74) is 1.92. The maximum atomic E-state index is 14.0. The third kappa shape index (κ3) is 3.04. The standard InChI is InChI=1S/C26H26FNO4/c1-14(2)22-21(16-4-7-20(27)15(3)10-16)18-6-5-17(29)11-19(18)23(28-22)32-26-9-8-25(12-26,13-26)24(30)31/h4-7,10-11,14,29H,8-9,12-13H2,1-3H3,(H,30,31). The SMILES string of the molecule is Cc1cc(-c2c(C(C)C)nc(OC34CCC(C(=O)O)(C3)C4)c3cc(O)ccc23)ccc1F. The van der Waals surface area contributed by atoms with Crippen LogP contribution in [0.1, 0.15) is 56.7 Å². The predicted octanol–water partition coefficient (Wildman–Crippen LogP) is 5.95. The number of phenols is 1. The molecule has 0 spiro atoms. The van der Waals surface area contributed by atoms with Crippen molar-refractivity contribution < 1.29 is 24.1 Å². The van der Waals surface area contributed by atoms with Crippen LogP contribution >= 0.6 is 0 Å². The molecule has 0 radical (unpaired) electrons. The maximum absolute atomic E-state index is 14.0. The number of hydrogen-bond donors (Lipinski definition) is 2. The van der Waals surface area contributed by atoms with Crippen LogP contribution in [0.4, 0.5) is 4.39 Å². The van der Waals surface area contributed by atoms with Crippen LogP contribution in [0.25, 0.3) is 21.9 Å². The number of aromatic hydroxyl groups is 1. The smallest absolute Gasteiger partial charge is 0.309 e. The Kier molecular flexibility index (Phi) is 4.49. The Morgan fingerprint density at radius 1 is 1.12 bits per heavy atom. The first kappa shape index (κ1) is 20.7. The number of pyridine rings is 1. The van der Waals surface area contributed by atoms with Crippen LogP contribution in [-0.4, -0.2) is 26.8 Å². The number of carboxylic acid groups (broad SMARTS) is 1. The normalized spacial score (nSPS) is 24.0. The monoisotopic (exact) mass is 435 g/mol. The summed E-state index contributed by atoms with van der Waals surface area (Å²) < 4.78 is 20.4. The molecule has 0 aliphatic heterocycles. The number of phenolic OH excluding ortho intramolecular Hbond substituents is 1. The van der Waals surface area contributed by atoms with Crippen molar-refractivity contribution in [3.8, 4) is 22.8 Å². The van der Waals surface area contributed by atoms with Crippen molar-refractivity contribution in [2.24, 2.45) is 5.41 Å². The van der Waals surface area contributed by atoms with Crippen molar-refractivity contribution in [3.63, 3.8) is 0 Å². The Morgan fingerprint density at radius 3 is 2.50 bits per heavy atom. The molecule has 1 heterocycles. The molecule has 32 heavy (non-hydrogen) atoms. The fraction of sp³-hybridized carbons (Fsp3) is 0.385. The van der Waals surface area contributed by atoms with E-state index < -0.39 is 17.0 Å². The average molecular weight is 435 g/mol. The van der Waals surface area contributed by atoms with E-state index in [1.165, 1.54) is 6.07 Å². The van der Waals surface area contributed by atoms with Gasteiger partial charge in [0.1, 0.15) is 17.2 Å². The molecule has 0 unspecified atom stereocenters. The van der Waals surface area contributed by atoms with Crippen LogP contribution in [0, 0.1) is 18.2 Å². The summed E-state index contributed by atoms with van der Waals surface area (Å²) >= 11 is 0. The number of rotatable bonds is 5. The van der Waals surface area contributed by atoms with Gasteiger partial charge >= 0.3 is 5.97 Å². The lowest BCUT2D eigenvalue weighted by Crippen LogP contribution is -2.51. The van der Waals surface area contributed by atoms with Crippen molar-refractivity contribution in [1.82, 2.24) is 4.98 Å². The number of hydrogen-bond acceptors (Lipinski definition) is 4. The second-order valence-electron chi connectivity index (χ2n) is 9.75. The number of carbonyl (C=O) groups is 1. The molecule has 3 fully saturated rings. The van der Waals surface area contributed by atoms with E-state index in [9.17, 15) is 19.4 Å². The Labute approximate surface area is 185 Å². The molecule has 1 aromatic heterocycles. The summed E-state index contributed by atoms with van der Waals surface area (Å²) in [6.45, 7) is 5.83.